The van der Waals surface area contributed by atoms with Gasteiger partial charge >= 0.3 is 12.3 Å². The van der Waals surface area contributed by atoms with Crippen LogP contribution in [-0.2, 0) is 37.7 Å². The SMILES string of the molecule is CC(C)[C@@H](N)C(=O)Nc1ccc2c(c1)CC[C@@]21OC(=O)N(CC(=O)N(Cc2ccc(F)cc2)[C@@H](C)C(F)(F)F)C1=O. The van der Waals surface area contributed by atoms with E-state index in [1.807, 2.05) is 0 Å². The highest BCUT2D eigenvalue weighted by atomic mass is 19.4. The number of nitrogens with two attached hydrogens (primary N) is 1. The molecular formula is C28H30F4N4O5. The Labute approximate surface area is 233 Å². The van der Waals surface area contributed by atoms with Crippen molar-refractivity contribution in [3.8, 4) is 0 Å². The highest BCUT2D eigenvalue weighted by Gasteiger charge is 2.58. The van der Waals surface area contributed by atoms with Crippen molar-refractivity contribution in [1.29, 1.82) is 0 Å². The maximum absolute atomic E-state index is 13.6. The highest BCUT2D eigenvalue weighted by Crippen LogP contribution is 2.46. The molecule has 0 bridgehead atoms. The van der Waals surface area contributed by atoms with Crippen LogP contribution in [0.5, 0.6) is 0 Å². The number of anilines is 1. The summed E-state index contributed by atoms with van der Waals surface area (Å²) in [5, 5.41) is 2.71. The molecule has 2 aliphatic rings. The highest BCUT2D eigenvalue weighted by molar-refractivity contribution is 6.06. The van der Waals surface area contributed by atoms with E-state index in [9.17, 15) is 36.7 Å². The number of benzene rings is 2. The van der Waals surface area contributed by atoms with Crippen LogP contribution < -0.4 is 11.1 Å². The predicted octanol–water partition coefficient (Wildman–Crippen LogP) is 3.85. The fraction of sp³-hybridized carbons (Fsp3) is 0.429. The number of carbonyl (C=O) groups is 4. The van der Waals surface area contributed by atoms with Crippen LogP contribution in [0.25, 0.3) is 0 Å². The van der Waals surface area contributed by atoms with Gasteiger partial charge in [0, 0.05) is 24.2 Å². The first-order valence-electron chi connectivity index (χ1n) is 13.0. The summed E-state index contributed by atoms with van der Waals surface area (Å²) in [5.41, 5.74) is 5.80. The molecule has 9 nitrogen and oxygen atoms in total. The van der Waals surface area contributed by atoms with Crippen LogP contribution >= 0.6 is 0 Å². The molecule has 41 heavy (non-hydrogen) atoms. The zero-order valence-corrected chi connectivity index (χ0v) is 22.6. The Bertz CT molecular complexity index is 1360. The Hall–Kier alpha value is -4.00. The summed E-state index contributed by atoms with van der Waals surface area (Å²) < 4.78 is 59.7. The van der Waals surface area contributed by atoms with E-state index in [0.29, 0.717) is 33.0 Å². The quantitative estimate of drug-likeness (QED) is 0.459. The van der Waals surface area contributed by atoms with Crippen molar-refractivity contribution in [1.82, 2.24) is 9.80 Å². The maximum Gasteiger partial charge on any atom is 0.418 e. The van der Waals surface area contributed by atoms with E-state index >= 15 is 0 Å². The molecule has 3 atom stereocenters. The molecule has 4 rings (SSSR count). The van der Waals surface area contributed by atoms with Gasteiger partial charge in [0.2, 0.25) is 17.4 Å². The Morgan fingerprint density at radius 3 is 2.39 bits per heavy atom. The summed E-state index contributed by atoms with van der Waals surface area (Å²) in [6.45, 7) is 2.89. The van der Waals surface area contributed by atoms with Crippen molar-refractivity contribution < 1.29 is 41.5 Å². The van der Waals surface area contributed by atoms with Crippen molar-refractivity contribution in [2.75, 3.05) is 11.9 Å². The molecule has 0 aromatic heterocycles. The standard InChI is InChI=1S/C28H30F4N4O5/c1-15(2)23(33)24(38)34-20-8-9-21-18(12-20)10-11-27(21)25(39)36(26(40)41-27)14-22(37)35(16(3)28(30,31)32)13-17-4-6-19(29)7-5-17/h4-9,12,15-16,23H,10-11,13-14,33H2,1-3H3,(H,34,38)/t16-,23+,27+/m0/s1. The lowest BCUT2D eigenvalue weighted by atomic mass is 9.94. The molecule has 1 aliphatic heterocycles. The molecule has 2 aromatic carbocycles. The van der Waals surface area contributed by atoms with Crippen LogP contribution in [0.3, 0.4) is 0 Å². The third-order valence-corrected chi connectivity index (χ3v) is 7.47. The number of nitrogens with one attached hydrogen (secondary N) is 1. The number of nitrogens with zero attached hydrogens (tertiary/aromatic N) is 2. The van der Waals surface area contributed by atoms with Crippen molar-refractivity contribution in [2.24, 2.45) is 11.7 Å². The van der Waals surface area contributed by atoms with Gasteiger partial charge in [0.1, 0.15) is 18.4 Å². The normalized spacial score (nSPS) is 19.8. The maximum atomic E-state index is 13.6. The van der Waals surface area contributed by atoms with Crippen molar-refractivity contribution >= 4 is 29.5 Å². The zero-order chi connectivity index (χ0) is 30.3. The number of ether oxygens (including phenoxy) is 1. The molecule has 1 heterocycles. The van der Waals surface area contributed by atoms with Gasteiger partial charge in [-0.1, -0.05) is 32.0 Å². The van der Waals surface area contributed by atoms with Gasteiger partial charge in [0.05, 0.1) is 6.04 Å². The summed E-state index contributed by atoms with van der Waals surface area (Å²) in [7, 11) is 0. The number of hydrogen-bond acceptors (Lipinski definition) is 6. The first kappa shape index (κ1) is 30.0. The fourth-order valence-electron chi connectivity index (χ4n) is 4.89. The molecular weight excluding hydrogens is 548 g/mol. The lowest BCUT2D eigenvalue weighted by molar-refractivity contribution is -0.187. The van der Waals surface area contributed by atoms with Gasteiger partial charge in [-0.15, -0.1) is 0 Å². The average Bonchev–Trinajstić information content (AvgIpc) is 3.38. The first-order valence-corrected chi connectivity index (χ1v) is 13.0. The van der Waals surface area contributed by atoms with Gasteiger partial charge in [0.25, 0.3) is 5.91 Å². The topological polar surface area (TPSA) is 122 Å². The molecule has 1 fully saturated rings. The van der Waals surface area contributed by atoms with Gasteiger partial charge in [-0.2, -0.15) is 13.2 Å². The van der Waals surface area contributed by atoms with Crippen molar-refractivity contribution in [2.45, 2.75) is 64.0 Å². The third kappa shape index (κ3) is 5.90. The largest absolute Gasteiger partial charge is 0.427 e. The van der Waals surface area contributed by atoms with E-state index < -0.39 is 60.7 Å². The minimum atomic E-state index is -4.80. The second-order valence-electron chi connectivity index (χ2n) is 10.6. The van der Waals surface area contributed by atoms with Crippen LogP contribution in [0.2, 0.25) is 0 Å². The van der Waals surface area contributed by atoms with Crippen molar-refractivity contribution in [3.05, 3.63) is 65.0 Å². The molecule has 1 aliphatic carbocycles. The third-order valence-electron chi connectivity index (χ3n) is 7.47. The van der Waals surface area contributed by atoms with Crippen LogP contribution in [0.15, 0.2) is 42.5 Å². The number of alkyl halides is 3. The number of hydrogen-bond donors (Lipinski definition) is 2. The van der Waals surface area contributed by atoms with Crippen molar-refractivity contribution in [3.63, 3.8) is 0 Å². The predicted molar refractivity (Wildman–Crippen MR) is 139 cm³/mol. The molecule has 13 heteroatoms. The molecule has 2 aromatic rings. The minimum absolute atomic E-state index is 0.0543. The molecule has 0 radical (unpaired) electrons. The number of imide groups is 1. The van der Waals surface area contributed by atoms with E-state index in [4.69, 9.17) is 10.5 Å². The molecule has 3 N–H and O–H groups in total. The number of rotatable bonds is 8. The smallest absolute Gasteiger partial charge is 0.418 e. The number of aryl methyl sites for hydroxylation is 1. The Morgan fingerprint density at radius 2 is 1.78 bits per heavy atom. The van der Waals surface area contributed by atoms with E-state index in [2.05, 4.69) is 5.32 Å². The molecule has 1 saturated heterocycles. The average molecular weight is 579 g/mol. The van der Waals surface area contributed by atoms with E-state index in [1.165, 1.54) is 24.3 Å². The molecule has 220 valence electrons. The molecule has 4 amide bonds. The summed E-state index contributed by atoms with van der Waals surface area (Å²) >= 11 is 0. The lowest BCUT2D eigenvalue weighted by Gasteiger charge is -2.31. The lowest BCUT2D eigenvalue weighted by Crippen LogP contribution is -2.51. The summed E-state index contributed by atoms with van der Waals surface area (Å²) in [4.78, 5) is 52.8. The van der Waals surface area contributed by atoms with Gasteiger partial charge in [-0.25, -0.2) is 14.1 Å². The van der Waals surface area contributed by atoms with Crippen LogP contribution in [0.4, 0.5) is 28.0 Å². The summed E-state index contributed by atoms with van der Waals surface area (Å²) in [5.74, 6) is -3.09. The Balaban J connectivity index is 1.54. The Kier molecular flexibility index (Phi) is 8.12. The second-order valence-corrected chi connectivity index (χ2v) is 10.6. The number of fused-ring (bicyclic) bond motifs is 2. The number of carbonyl (C=O) groups excluding carboxylic acids is 4. The minimum Gasteiger partial charge on any atom is -0.427 e. The van der Waals surface area contributed by atoms with E-state index in [1.54, 1.807) is 19.9 Å². The number of amides is 4. The summed E-state index contributed by atoms with van der Waals surface area (Å²) in [6, 6.07) is 6.29. The summed E-state index contributed by atoms with van der Waals surface area (Å²) in [6.07, 6.45) is -5.60. The zero-order valence-electron chi connectivity index (χ0n) is 22.6. The molecule has 0 unspecified atom stereocenters. The van der Waals surface area contributed by atoms with Crippen LogP contribution in [0.1, 0.15) is 43.9 Å². The monoisotopic (exact) mass is 578 g/mol. The Morgan fingerprint density at radius 1 is 1.12 bits per heavy atom. The van der Waals surface area contributed by atoms with Crippen LogP contribution in [0, 0.1) is 11.7 Å². The molecule has 0 saturated carbocycles. The van der Waals surface area contributed by atoms with Crippen LogP contribution in [-0.4, -0.2) is 58.4 Å². The van der Waals surface area contributed by atoms with Gasteiger partial charge in [0.15, 0.2) is 0 Å². The van der Waals surface area contributed by atoms with E-state index in [0.717, 1.165) is 19.1 Å². The second kappa shape index (κ2) is 11.1. The van der Waals surface area contributed by atoms with Gasteiger partial charge in [-0.05, 0) is 54.7 Å². The van der Waals surface area contributed by atoms with E-state index in [-0.39, 0.29) is 23.8 Å². The van der Waals surface area contributed by atoms with Gasteiger partial charge < -0.3 is 20.7 Å². The van der Waals surface area contributed by atoms with Gasteiger partial charge in [-0.3, -0.25) is 14.4 Å². The fourth-order valence-corrected chi connectivity index (χ4v) is 4.89. The first-order chi connectivity index (χ1) is 19.1. The number of halogens is 4. The molecule has 1 spiro atoms.